The number of allylic oxidation sites excluding steroid dienone is 5. The van der Waals surface area contributed by atoms with Crippen molar-refractivity contribution in [3.8, 4) is 5.75 Å². The summed E-state index contributed by atoms with van der Waals surface area (Å²) in [5.74, 6) is 0.865. The standard InChI is InChI=1S/C25H26N6O2/c1-33-20-9-5-4-8-19(20)25(32)27-14-16-10-12-17(13-11-16)22-21-23(26)28-15-29-24(21)31(30-22)18-6-2-3-7-18/h2-5,8-10,12,15,18H,6-7,11,13-14H2,1H3,(H,27,32)(H2,26,28,29). The molecule has 2 aliphatic rings. The van der Waals surface area contributed by atoms with Crippen LogP contribution in [0.3, 0.4) is 0 Å². The average Bonchev–Trinajstić information content (AvgIpc) is 3.51. The Morgan fingerprint density at radius 2 is 2.00 bits per heavy atom. The molecule has 0 saturated carbocycles. The van der Waals surface area contributed by atoms with Crippen molar-refractivity contribution in [1.82, 2.24) is 25.1 Å². The molecule has 0 bridgehead atoms. The van der Waals surface area contributed by atoms with Gasteiger partial charge in [-0.15, -0.1) is 0 Å². The zero-order chi connectivity index (χ0) is 22.8. The Morgan fingerprint density at radius 1 is 1.18 bits per heavy atom. The fraction of sp³-hybridized carbons (Fsp3) is 0.280. The maximum absolute atomic E-state index is 12.6. The number of nitrogen functional groups attached to an aromatic ring is 1. The number of aromatic nitrogens is 4. The summed E-state index contributed by atoms with van der Waals surface area (Å²) >= 11 is 0. The highest BCUT2D eigenvalue weighted by atomic mass is 16.5. The topological polar surface area (TPSA) is 108 Å². The van der Waals surface area contributed by atoms with Crippen LogP contribution in [0, 0.1) is 0 Å². The van der Waals surface area contributed by atoms with Crippen molar-refractivity contribution in [2.24, 2.45) is 0 Å². The summed E-state index contributed by atoms with van der Waals surface area (Å²) in [6, 6.07) is 7.47. The van der Waals surface area contributed by atoms with Crippen molar-refractivity contribution in [3.05, 3.63) is 71.7 Å². The molecule has 1 aromatic carbocycles. The van der Waals surface area contributed by atoms with Gasteiger partial charge in [0.2, 0.25) is 0 Å². The molecule has 0 radical (unpaired) electrons. The van der Waals surface area contributed by atoms with Gasteiger partial charge in [-0.1, -0.05) is 42.0 Å². The summed E-state index contributed by atoms with van der Waals surface area (Å²) in [5.41, 5.74) is 10.7. The van der Waals surface area contributed by atoms with Gasteiger partial charge in [-0.25, -0.2) is 14.6 Å². The highest BCUT2D eigenvalue weighted by molar-refractivity contribution is 5.97. The summed E-state index contributed by atoms with van der Waals surface area (Å²) < 4.78 is 7.28. The Kier molecular flexibility index (Phi) is 5.64. The Labute approximate surface area is 191 Å². The van der Waals surface area contributed by atoms with Crippen LogP contribution in [0.2, 0.25) is 0 Å². The molecule has 2 aliphatic carbocycles. The second-order valence-corrected chi connectivity index (χ2v) is 8.25. The van der Waals surface area contributed by atoms with Gasteiger partial charge in [0.25, 0.3) is 5.91 Å². The molecule has 0 fully saturated rings. The lowest BCUT2D eigenvalue weighted by molar-refractivity contribution is 0.0953. The molecule has 8 heteroatoms. The van der Waals surface area contributed by atoms with Gasteiger partial charge in [0.1, 0.15) is 23.6 Å². The minimum atomic E-state index is -0.150. The predicted octanol–water partition coefficient (Wildman–Crippen LogP) is 3.84. The van der Waals surface area contributed by atoms with E-state index in [2.05, 4.69) is 39.6 Å². The van der Waals surface area contributed by atoms with Crippen LogP contribution in [0.15, 0.2) is 60.5 Å². The molecule has 0 aliphatic heterocycles. The number of rotatable bonds is 6. The van der Waals surface area contributed by atoms with Crippen molar-refractivity contribution < 1.29 is 9.53 Å². The van der Waals surface area contributed by atoms with Crippen molar-refractivity contribution in [3.63, 3.8) is 0 Å². The van der Waals surface area contributed by atoms with Crippen LogP contribution < -0.4 is 15.8 Å². The van der Waals surface area contributed by atoms with Gasteiger partial charge in [0.05, 0.1) is 24.1 Å². The van der Waals surface area contributed by atoms with E-state index < -0.39 is 0 Å². The van der Waals surface area contributed by atoms with Crippen LogP contribution in [0.1, 0.15) is 47.8 Å². The van der Waals surface area contributed by atoms with Crippen LogP contribution in [0.5, 0.6) is 5.75 Å². The Bertz CT molecular complexity index is 1300. The average molecular weight is 443 g/mol. The number of amides is 1. The largest absolute Gasteiger partial charge is 0.496 e. The number of nitrogens with one attached hydrogen (secondary N) is 1. The molecule has 1 amide bonds. The van der Waals surface area contributed by atoms with Crippen LogP contribution >= 0.6 is 0 Å². The normalized spacial score (nSPS) is 16.0. The maximum Gasteiger partial charge on any atom is 0.255 e. The summed E-state index contributed by atoms with van der Waals surface area (Å²) in [7, 11) is 1.56. The van der Waals surface area contributed by atoms with E-state index in [1.807, 2.05) is 16.8 Å². The van der Waals surface area contributed by atoms with Crippen LogP contribution in [0.25, 0.3) is 16.6 Å². The number of hydrogen-bond donors (Lipinski definition) is 2. The van der Waals surface area contributed by atoms with E-state index in [1.165, 1.54) is 6.33 Å². The molecule has 2 heterocycles. The fourth-order valence-corrected chi connectivity index (χ4v) is 4.42. The van der Waals surface area contributed by atoms with Gasteiger partial charge < -0.3 is 15.8 Å². The zero-order valence-corrected chi connectivity index (χ0v) is 18.5. The highest BCUT2D eigenvalue weighted by Crippen LogP contribution is 2.35. The van der Waals surface area contributed by atoms with E-state index in [0.717, 1.165) is 53.6 Å². The number of anilines is 1. The van der Waals surface area contributed by atoms with Crippen LogP contribution in [0.4, 0.5) is 5.82 Å². The van der Waals surface area contributed by atoms with E-state index in [-0.39, 0.29) is 11.9 Å². The van der Waals surface area contributed by atoms with Crippen molar-refractivity contribution in [2.75, 3.05) is 19.4 Å². The molecular weight excluding hydrogens is 416 g/mol. The summed E-state index contributed by atoms with van der Waals surface area (Å²) in [5, 5.41) is 8.74. The molecular formula is C25H26N6O2. The summed E-state index contributed by atoms with van der Waals surface area (Å²) in [6.07, 6.45) is 13.5. The van der Waals surface area contributed by atoms with E-state index in [9.17, 15) is 4.79 Å². The molecule has 5 rings (SSSR count). The number of nitrogens with two attached hydrogens (primary N) is 1. The Balaban J connectivity index is 1.36. The van der Waals surface area contributed by atoms with Gasteiger partial charge in [-0.3, -0.25) is 4.79 Å². The van der Waals surface area contributed by atoms with Gasteiger partial charge in [-0.2, -0.15) is 5.10 Å². The third-order valence-electron chi connectivity index (χ3n) is 6.21. The molecule has 8 nitrogen and oxygen atoms in total. The smallest absolute Gasteiger partial charge is 0.255 e. The molecule has 2 aromatic heterocycles. The molecule has 3 N–H and O–H groups in total. The third-order valence-corrected chi connectivity index (χ3v) is 6.21. The summed E-state index contributed by atoms with van der Waals surface area (Å²) in [6.45, 7) is 0.481. The van der Waals surface area contributed by atoms with Crippen molar-refractivity contribution >= 4 is 28.3 Å². The van der Waals surface area contributed by atoms with Crippen LogP contribution in [-0.2, 0) is 0 Å². The fourth-order valence-electron chi connectivity index (χ4n) is 4.42. The second kappa shape index (κ2) is 8.90. The van der Waals surface area contributed by atoms with Crippen molar-refractivity contribution in [1.29, 1.82) is 0 Å². The maximum atomic E-state index is 12.6. The quantitative estimate of drug-likeness (QED) is 0.562. The van der Waals surface area contributed by atoms with Gasteiger partial charge in [0.15, 0.2) is 5.65 Å². The first-order chi connectivity index (χ1) is 16.2. The lowest BCUT2D eigenvalue weighted by atomic mass is 9.95. The molecule has 0 spiro atoms. The van der Waals surface area contributed by atoms with Gasteiger partial charge in [0, 0.05) is 6.54 Å². The lowest BCUT2D eigenvalue weighted by Gasteiger charge is -2.15. The minimum Gasteiger partial charge on any atom is -0.496 e. The summed E-state index contributed by atoms with van der Waals surface area (Å²) in [4.78, 5) is 21.3. The molecule has 0 unspecified atom stereocenters. The third kappa shape index (κ3) is 4.00. The Hall–Kier alpha value is -3.94. The number of ether oxygens (including phenoxy) is 1. The predicted molar refractivity (Wildman–Crippen MR) is 128 cm³/mol. The zero-order valence-electron chi connectivity index (χ0n) is 18.5. The molecule has 33 heavy (non-hydrogen) atoms. The number of benzene rings is 1. The second-order valence-electron chi connectivity index (χ2n) is 8.25. The monoisotopic (exact) mass is 442 g/mol. The molecule has 0 atom stereocenters. The number of carbonyl (C=O) groups is 1. The van der Waals surface area contributed by atoms with E-state index in [4.69, 9.17) is 15.6 Å². The molecule has 0 saturated heterocycles. The van der Waals surface area contributed by atoms with Crippen molar-refractivity contribution in [2.45, 2.75) is 31.7 Å². The number of nitrogens with zero attached hydrogens (tertiary/aromatic N) is 4. The van der Waals surface area contributed by atoms with E-state index in [0.29, 0.717) is 23.7 Å². The number of carbonyl (C=O) groups excluding carboxylic acids is 1. The van der Waals surface area contributed by atoms with Gasteiger partial charge >= 0.3 is 0 Å². The highest BCUT2D eigenvalue weighted by Gasteiger charge is 2.24. The Morgan fingerprint density at radius 3 is 2.76 bits per heavy atom. The van der Waals surface area contributed by atoms with Crippen LogP contribution in [-0.4, -0.2) is 39.3 Å². The first-order valence-electron chi connectivity index (χ1n) is 11.1. The first kappa shape index (κ1) is 20.9. The van der Waals surface area contributed by atoms with E-state index >= 15 is 0 Å². The minimum absolute atomic E-state index is 0.150. The first-order valence-corrected chi connectivity index (χ1v) is 11.1. The SMILES string of the molecule is COc1ccccc1C(=O)NCC1=CC=C(c2nn(C3CC=CC3)c3ncnc(N)c23)CC1. The number of methoxy groups -OCH3 is 1. The molecule has 168 valence electrons. The number of para-hydroxylation sites is 1. The van der Waals surface area contributed by atoms with Gasteiger partial charge in [-0.05, 0) is 43.4 Å². The van der Waals surface area contributed by atoms with E-state index in [1.54, 1.807) is 19.2 Å². The molecule has 3 aromatic rings. The number of fused-ring (bicyclic) bond motifs is 1. The number of hydrogen-bond acceptors (Lipinski definition) is 6. The lowest BCUT2D eigenvalue weighted by Crippen LogP contribution is -2.26.